The number of amides is 1. The number of nitrogens with one attached hydrogen (secondary N) is 1. The minimum Gasteiger partial charge on any atom is -0.507 e. The monoisotopic (exact) mass is 272 g/mol. The van der Waals surface area contributed by atoms with Crippen LogP contribution in [0.1, 0.15) is 26.4 Å². The van der Waals surface area contributed by atoms with Gasteiger partial charge in [-0.1, -0.05) is 6.07 Å². The van der Waals surface area contributed by atoms with Gasteiger partial charge in [-0.2, -0.15) is 0 Å². The second kappa shape index (κ2) is 5.40. The van der Waals surface area contributed by atoms with Crippen molar-refractivity contribution in [2.45, 2.75) is 6.92 Å². The summed E-state index contributed by atoms with van der Waals surface area (Å²) in [5, 5.41) is 20.8. The number of pyridine rings is 1. The molecule has 1 aromatic heterocycles. The Hall–Kier alpha value is -2.89. The first kappa shape index (κ1) is 13.5. The van der Waals surface area contributed by atoms with E-state index in [1.54, 1.807) is 19.1 Å². The summed E-state index contributed by atoms with van der Waals surface area (Å²) in [6.45, 7) is 1.75. The number of carboxylic acids is 1. The number of aromatic carboxylic acids is 1. The first-order chi connectivity index (χ1) is 9.49. The Morgan fingerprint density at radius 2 is 2.00 bits per heavy atom. The summed E-state index contributed by atoms with van der Waals surface area (Å²) < 4.78 is 0. The number of carbonyl (C=O) groups is 2. The number of aryl methyl sites for hydroxylation is 1. The van der Waals surface area contributed by atoms with Crippen LogP contribution in [0.25, 0.3) is 0 Å². The summed E-state index contributed by atoms with van der Waals surface area (Å²) in [4.78, 5) is 26.9. The smallest absolute Gasteiger partial charge is 0.339 e. The van der Waals surface area contributed by atoms with Gasteiger partial charge in [0, 0.05) is 11.9 Å². The summed E-state index contributed by atoms with van der Waals surface area (Å²) >= 11 is 0. The molecule has 2 aromatic rings. The van der Waals surface area contributed by atoms with E-state index in [9.17, 15) is 14.7 Å². The van der Waals surface area contributed by atoms with Crippen LogP contribution in [0, 0.1) is 6.92 Å². The van der Waals surface area contributed by atoms with Crippen molar-refractivity contribution in [3.63, 3.8) is 0 Å². The molecule has 0 unspecified atom stereocenters. The highest BCUT2D eigenvalue weighted by Gasteiger charge is 2.14. The molecule has 0 fully saturated rings. The van der Waals surface area contributed by atoms with E-state index in [1.165, 1.54) is 24.4 Å². The van der Waals surface area contributed by atoms with Gasteiger partial charge < -0.3 is 15.5 Å². The van der Waals surface area contributed by atoms with E-state index < -0.39 is 11.9 Å². The SMILES string of the molecule is Cc1cccnc1C(=O)Nc1ccc(O)c(C(=O)O)c1. The van der Waals surface area contributed by atoms with Crippen LogP contribution >= 0.6 is 0 Å². The maximum absolute atomic E-state index is 12.0. The Morgan fingerprint density at radius 3 is 2.65 bits per heavy atom. The zero-order chi connectivity index (χ0) is 14.7. The first-order valence-corrected chi connectivity index (χ1v) is 5.78. The van der Waals surface area contributed by atoms with Crippen LogP contribution in [-0.4, -0.2) is 27.1 Å². The van der Waals surface area contributed by atoms with Crippen molar-refractivity contribution in [1.82, 2.24) is 4.98 Å². The third-order valence-corrected chi connectivity index (χ3v) is 2.71. The number of carbonyl (C=O) groups excluding carboxylic acids is 1. The maximum Gasteiger partial charge on any atom is 0.339 e. The quantitative estimate of drug-likeness (QED) is 0.742. The molecule has 0 aliphatic rings. The summed E-state index contributed by atoms with van der Waals surface area (Å²) in [7, 11) is 0. The van der Waals surface area contributed by atoms with E-state index in [1.807, 2.05) is 0 Å². The molecule has 102 valence electrons. The molecule has 0 atom stereocenters. The van der Waals surface area contributed by atoms with Gasteiger partial charge in [0.15, 0.2) is 0 Å². The summed E-state index contributed by atoms with van der Waals surface area (Å²) in [5.41, 5.74) is 0.968. The molecule has 1 aromatic carbocycles. The number of benzene rings is 1. The highest BCUT2D eigenvalue weighted by atomic mass is 16.4. The molecule has 0 aliphatic heterocycles. The number of aromatic hydroxyl groups is 1. The average Bonchev–Trinajstić information content (AvgIpc) is 2.41. The third-order valence-electron chi connectivity index (χ3n) is 2.71. The molecule has 0 radical (unpaired) electrons. The Morgan fingerprint density at radius 1 is 1.25 bits per heavy atom. The number of hydrogen-bond acceptors (Lipinski definition) is 4. The van der Waals surface area contributed by atoms with Crippen molar-refractivity contribution in [2.24, 2.45) is 0 Å². The Bertz CT molecular complexity index is 683. The lowest BCUT2D eigenvalue weighted by atomic mass is 10.1. The Balaban J connectivity index is 2.27. The second-order valence-electron chi connectivity index (χ2n) is 4.16. The van der Waals surface area contributed by atoms with Gasteiger partial charge >= 0.3 is 5.97 Å². The molecule has 0 spiro atoms. The van der Waals surface area contributed by atoms with Crippen molar-refractivity contribution in [1.29, 1.82) is 0 Å². The van der Waals surface area contributed by atoms with Crippen LogP contribution < -0.4 is 5.32 Å². The topological polar surface area (TPSA) is 99.5 Å². The molecule has 0 aliphatic carbocycles. The normalized spacial score (nSPS) is 10.1. The zero-order valence-corrected chi connectivity index (χ0v) is 10.6. The lowest BCUT2D eigenvalue weighted by molar-refractivity contribution is 0.0693. The number of nitrogens with zero attached hydrogens (tertiary/aromatic N) is 1. The third kappa shape index (κ3) is 2.74. The van der Waals surface area contributed by atoms with Crippen LogP contribution in [0.3, 0.4) is 0 Å². The molecule has 0 saturated carbocycles. The highest BCUT2D eigenvalue weighted by Crippen LogP contribution is 2.22. The van der Waals surface area contributed by atoms with Crippen molar-refractivity contribution < 1.29 is 19.8 Å². The van der Waals surface area contributed by atoms with Gasteiger partial charge in [-0.15, -0.1) is 0 Å². The van der Waals surface area contributed by atoms with Gasteiger partial charge in [-0.25, -0.2) is 4.79 Å². The van der Waals surface area contributed by atoms with Crippen molar-refractivity contribution in [3.8, 4) is 5.75 Å². The molecule has 6 nitrogen and oxygen atoms in total. The highest BCUT2D eigenvalue weighted by molar-refractivity contribution is 6.04. The van der Waals surface area contributed by atoms with Crippen LogP contribution in [0.4, 0.5) is 5.69 Å². The van der Waals surface area contributed by atoms with Gasteiger partial charge in [-0.05, 0) is 36.8 Å². The predicted molar refractivity (Wildman–Crippen MR) is 72.0 cm³/mol. The van der Waals surface area contributed by atoms with Crippen LogP contribution in [0.2, 0.25) is 0 Å². The standard InChI is InChI=1S/C14H12N2O4/c1-8-3-2-6-15-12(8)13(18)16-9-4-5-11(17)10(7-9)14(19)20/h2-7,17H,1H3,(H,16,18)(H,19,20). The van der Waals surface area contributed by atoms with Gasteiger partial charge in [0.25, 0.3) is 5.91 Å². The minimum absolute atomic E-state index is 0.262. The molecule has 0 bridgehead atoms. The molecule has 2 rings (SSSR count). The Labute approximate surface area is 114 Å². The van der Waals surface area contributed by atoms with Crippen molar-refractivity contribution in [3.05, 3.63) is 53.3 Å². The number of anilines is 1. The van der Waals surface area contributed by atoms with E-state index in [-0.39, 0.29) is 22.7 Å². The van der Waals surface area contributed by atoms with Crippen LogP contribution in [0.15, 0.2) is 36.5 Å². The summed E-state index contributed by atoms with van der Waals surface area (Å²) in [5.74, 6) is -2.07. The molecule has 6 heteroatoms. The van der Waals surface area contributed by atoms with E-state index in [4.69, 9.17) is 5.11 Å². The number of hydrogen-bond donors (Lipinski definition) is 3. The molecule has 0 saturated heterocycles. The lowest BCUT2D eigenvalue weighted by Crippen LogP contribution is -2.15. The summed E-state index contributed by atoms with van der Waals surface area (Å²) in [6.07, 6.45) is 1.50. The van der Waals surface area contributed by atoms with Crippen LogP contribution in [-0.2, 0) is 0 Å². The van der Waals surface area contributed by atoms with E-state index in [2.05, 4.69) is 10.3 Å². The fraction of sp³-hybridized carbons (Fsp3) is 0.0714. The number of carboxylic acid groups (broad SMARTS) is 1. The largest absolute Gasteiger partial charge is 0.507 e. The van der Waals surface area contributed by atoms with Gasteiger partial charge in [0.05, 0.1) is 0 Å². The molecule has 1 amide bonds. The van der Waals surface area contributed by atoms with Gasteiger partial charge in [0.1, 0.15) is 17.0 Å². The van der Waals surface area contributed by atoms with E-state index >= 15 is 0 Å². The minimum atomic E-state index is -1.27. The number of rotatable bonds is 3. The van der Waals surface area contributed by atoms with Crippen molar-refractivity contribution in [2.75, 3.05) is 5.32 Å². The molecule has 1 heterocycles. The molecule has 3 N–H and O–H groups in total. The van der Waals surface area contributed by atoms with Crippen LogP contribution in [0.5, 0.6) is 5.75 Å². The lowest BCUT2D eigenvalue weighted by Gasteiger charge is -2.08. The van der Waals surface area contributed by atoms with Gasteiger partial charge in [-0.3, -0.25) is 9.78 Å². The molecular formula is C14H12N2O4. The number of aromatic nitrogens is 1. The molecule has 20 heavy (non-hydrogen) atoms. The second-order valence-corrected chi connectivity index (χ2v) is 4.16. The number of phenols is 1. The summed E-state index contributed by atoms with van der Waals surface area (Å²) in [6, 6.07) is 7.28. The van der Waals surface area contributed by atoms with E-state index in [0.29, 0.717) is 5.56 Å². The average molecular weight is 272 g/mol. The first-order valence-electron chi connectivity index (χ1n) is 5.78. The predicted octanol–water partition coefficient (Wildman–Crippen LogP) is 2.05. The zero-order valence-electron chi connectivity index (χ0n) is 10.6. The fourth-order valence-corrected chi connectivity index (χ4v) is 1.70. The van der Waals surface area contributed by atoms with Crippen molar-refractivity contribution >= 4 is 17.6 Å². The Kier molecular flexibility index (Phi) is 3.65. The molecular weight excluding hydrogens is 260 g/mol. The fourth-order valence-electron chi connectivity index (χ4n) is 1.70. The maximum atomic E-state index is 12.0. The van der Waals surface area contributed by atoms with E-state index in [0.717, 1.165) is 0 Å². The van der Waals surface area contributed by atoms with Gasteiger partial charge in [0.2, 0.25) is 0 Å².